The second-order valence-electron chi connectivity index (χ2n) is 2.87. The summed E-state index contributed by atoms with van der Waals surface area (Å²) in [6.07, 6.45) is 0. The number of benzene rings is 1. The first-order valence-electron chi connectivity index (χ1n) is 4.26. The van der Waals surface area contributed by atoms with E-state index in [1.807, 2.05) is 0 Å². The fourth-order valence-electron chi connectivity index (χ4n) is 1.09. The van der Waals surface area contributed by atoms with Crippen molar-refractivity contribution in [1.82, 2.24) is 0 Å². The van der Waals surface area contributed by atoms with Crippen LogP contribution in [-0.2, 0) is 0 Å². The molecule has 0 heterocycles. The topological polar surface area (TPSA) is 72.6 Å². The molecule has 0 bridgehead atoms. The molecule has 1 N–H and O–H groups in total. The summed E-state index contributed by atoms with van der Waals surface area (Å²) in [5.74, 6) is 0.477. The van der Waals surface area contributed by atoms with Gasteiger partial charge >= 0.3 is 93.5 Å². The van der Waals surface area contributed by atoms with Gasteiger partial charge in [-0.3, -0.25) is 0 Å². The molecule has 1 atom stereocenters. The van der Waals surface area contributed by atoms with Crippen molar-refractivity contribution >= 4 is 25.8 Å². The van der Waals surface area contributed by atoms with E-state index in [4.69, 9.17) is 4.74 Å². The van der Waals surface area contributed by atoms with Crippen molar-refractivity contribution in [3.05, 3.63) is 28.3 Å². The maximum absolute atomic E-state index is 10.5. The first-order chi connectivity index (χ1) is 7.04. The van der Waals surface area contributed by atoms with Crippen molar-refractivity contribution < 1.29 is 14.8 Å². The van der Waals surface area contributed by atoms with Crippen molar-refractivity contribution in [2.45, 2.75) is 11.8 Å². The van der Waals surface area contributed by atoms with Crippen molar-refractivity contribution in [1.29, 1.82) is 0 Å². The van der Waals surface area contributed by atoms with Crippen LogP contribution in [0.15, 0.2) is 18.2 Å². The Morgan fingerprint density at radius 3 is 2.73 bits per heavy atom. The molecule has 5 nitrogen and oxygen atoms in total. The molecule has 1 rings (SSSR count). The maximum atomic E-state index is 10.5. The molecule has 0 aliphatic carbocycles. The van der Waals surface area contributed by atoms with Gasteiger partial charge in [0, 0.05) is 0 Å². The number of hydrogen-bond donors (Lipinski definition) is 1. The van der Waals surface area contributed by atoms with Gasteiger partial charge in [-0.15, -0.1) is 0 Å². The molecular formula is C9H11AsNO4. The Morgan fingerprint density at radius 2 is 2.27 bits per heavy atom. The van der Waals surface area contributed by atoms with Gasteiger partial charge in [-0.05, 0) is 0 Å². The average Bonchev–Trinajstić information content (AvgIpc) is 2.17. The summed E-state index contributed by atoms with van der Waals surface area (Å²) in [7, 11) is 1.46. The van der Waals surface area contributed by atoms with Gasteiger partial charge in [0.15, 0.2) is 0 Å². The SMILES string of the molecule is COc1cc([N+](=O)[O-])ccc1[As]C(C)O. The zero-order valence-corrected chi connectivity index (χ0v) is 10.3. The molecule has 0 fully saturated rings. The van der Waals surface area contributed by atoms with Gasteiger partial charge in [0.05, 0.1) is 0 Å². The summed E-state index contributed by atoms with van der Waals surface area (Å²) in [5.41, 5.74) is 0.00222. The van der Waals surface area contributed by atoms with Crippen LogP contribution in [0.1, 0.15) is 6.92 Å². The van der Waals surface area contributed by atoms with Crippen molar-refractivity contribution in [3.8, 4) is 5.75 Å². The normalized spacial score (nSPS) is 13.0. The minimum atomic E-state index is -0.467. The van der Waals surface area contributed by atoms with Crippen molar-refractivity contribution in [3.63, 3.8) is 0 Å². The Hall–Kier alpha value is -1.06. The molecule has 0 amide bonds. The number of non-ortho nitro benzene ring substituents is 1. The third-order valence-corrected chi connectivity index (χ3v) is 3.84. The van der Waals surface area contributed by atoms with Crippen LogP contribution in [0, 0.1) is 10.1 Å². The molecular weight excluding hydrogens is 261 g/mol. The standard InChI is InChI=1S/C9H11AsNO4/c1-6(12)10-8-4-3-7(11(13)14)5-9(8)15-2/h3-6,12H,1-2H3. The summed E-state index contributed by atoms with van der Waals surface area (Å²) >= 11 is -0.437. The van der Waals surface area contributed by atoms with Gasteiger partial charge in [-0.2, -0.15) is 0 Å². The van der Waals surface area contributed by atoms with E-state index in [0.717, 1.165) is 4.35 Å². The quantitative estimate of drug-likeness (QED) is 0.485. The molecule has 0 aliphatic heterocycles. The molecule has 1 aromatic carbocycles. The summed E-state index contributed by atoms with van der Waals surface area (Å²) in [4.78, 5) is 9.64. The van der Waals surface area contributed by atoms with Crippen LogP contribution in [0.2, 0.25) is 0 Å². The Kier molecular flexibility index (Phi) is 4.12. The van der Waals surface area contributed by atoms with Gasteiger partial charge in [-0.1, -0.05) is 0 Å². The number of methoxy groups -OCH3 is 1. The van der Waals surface area contributed by atoms with Crippen molar-refractivity contribution in [2.24, 2.45) is 0 Å². The summed E-state index contributed by atoms with van der Waals surface area (Å²) < 4.78 is 5.90. The monoisotopic (exact) mass is 272 g/mol. The van der Waals surface area contributed by atoms with E-state index >= 15 is 0 Å². The van der Waals surface area contributed by atoms with Crippen molar-refractivity contribution in [2.75, 3.05) is 7.11 Å². The van der Waals surface area contributed by atoms with E-state index in [0.29, 0.717) is 5.75 Å². The molecule has 0 aliphatic rings. The molecule has 0 spiro atoms. The number of rotatable bonds is 4. The van der Waals surface area contributed by atoms with Gasteiger partial charge in [0.2, 0.25) is 0 Å². The van der Waals surface area contributed by atoms with Crippen LogP contribution in [0.4, 0.5) is 5.69 Å². The summed E-state index contributed by atoms with van der Waals surface area (Å²) in [6.45, 7) is 1.70. The molecule has 81 valence electrons. The van der Waals surface area contributed by atoms with Crippen LogP contribution in [0.3, 0.4) is 0 Å². The summed E-state index contributed by atoms with van der Waals surface area (Å²) in [6, 6.07) is 4.45. The molecule has 0 aromatic heterocycles. The molecule has 0 saturated carbocycles. The number of nitro groups is 1. The van der Waals surface area contributed by atoms with Crippen LogP contribution in [0.25, 0.3) is 0 Å². The number of nitro benzene ring substituents is 1. The first kappa shape index (κ1) is 12.0. The van der Waals surface area contributed by atoms with Crippen LogP contribution in [0.5, 0.6) is 5.75 Å². The predicted molar refractivity (Wildman–Crippen MR) is 56.7 cm³/mol. The molecule has 1 unspecified atom stereocenters. The summed E-state index contributed by atoms with van der Waals surface area (Å²) in [5, 5.41) is 19.8. The zero-order chi connectivity index (χ0) is 11.4. The van der Waals surface area contributed by atoms with Gasteiger partial charge in [0.25, 0.3) is 0 Å². The molecule has 1 radical (unpaired) electrons. The number of ether oxygens (including phenoxy) is 1. The van der Waals surface area contributed by atoms with E-state index in [2.05, 4.69) is 0 Å². The number of aliphatic hydroxyl groups is 1. The van der Waals surface area contributed by atoms with E-state index in [1.165, 1.54) is 19.2 Å². The number of aliphatic hydroxyl groups excluding tert-OH is 1. The fourth-order valence-corrected chi connectivity index (χ4v) is 2.86. The predicted octanol–water partition coefficient (Wildman–Crippen LogP) is 0.271. The van der Waals surface area contributed by atoms with Crippen LogP contribution < -0.4 is 9.09 Å². The third kappa shape index (κ3) is 3.22. The first-order valence-corrected chi connectivity index (χ1v) is 6.28. The molecule has 6 heteroatoms. The van der Waals surface area contributed by atoms with E-state index in [9.17, 15) is 15.2 Å². The van der Waals surface area contributed by atoms with Crippen LogP contribution in [-0.4, -0.2) is 37.8 Å². The minimum absolute atomic E-state index is 0.00222. The van der Waals surface area contributed by atoms with Gasteiger partial charge in [0.1, 0.15) is 0 Å². The third-order valence-electron chi connectivity index (χ3n) is 1.70. The Morgan fingerprint density at radius 1 is 1.60 bits per heavy atom. The average molecular weight is 272 g/mol. The Balaban J connectivity index is 3.03. The molecule has 15 heavy (non-hydrogen) atoms. The van der Waals surface area contributed by atoms with E-state index in [-0.39, 0.29) is 5.69 Å². The second kappa shape index (κ2) is 5.14. The zero-order valence-electron chi connectivity index (χ0n) is 8.38. The number of hydrogen-bond acceptors (Lipinski definition) is 4. The second-order valence-corrected chi connectivity index (χ2v) is 5.99. The van der Waals surface area contributed by atoms with Crippen LogP contribution >= 0.6 is 0 Å². The Bertz CT molecular complexity index is 367. The fraction of sp³-hybridized carbons (Fsp3) is 0.333. The molecule has 1 aromatic rings. The van der Waals surface area contributed by atoms with E-state index in [1.54, 1.807) is 13.0 Å². The number of nitrogens with zero attached hydrogens (tertiary/aromatic N) is 1. The van der Waals surface area contributed by atoms with E-state index < -0.39 is 25.6 Å². The van der Waals surface area contributed by atoms with Gasteiger partial charge in [-0.25, -0.2) is 0 Å². The molecule has 0 saturated heterocycles. The van der Waals surface area contributed by atoms with Gasteiger partial charge < -0.3 is 0 Å². The Labute approximate surface area is 93.9 Å².